The lowest BCUT2D eigenvalue weighted by molar-refractivity contribution is -0.142. The number of hydrogen-bond donors (Lipinski definition) is 6. The standard InChI is InChI=1S/C21H25N5O4.C18H20N4O3.C17H14F4N4O3/c1-14-16(20(29)24-21(22-14)25-8-10-30-11-9-25)6-7-19(28)26-12-15-4-2-3-5-17(15)23-18(27)13-26;1-3-13-12(18(25)20-11(2)19-13)8-9-17(24)22-10-16(23)21-14-6-4-5-7-15(14)22;1-8-22-15(17(19,20)21)9(16(28)23-8)5-6-13(27)25-7-12(26)24-14-10(18)3-2-4-11(14)25/h2-5H,6-13H2,1H3,(H,23,27)(H,22,24,29);4-7H,3,8-10H2,1-2H3,(H,21,23)(H,19,20,25);2-4H,5-7H2,1H3,(H,24,26)(H,22,23,28). The van der Waals surface area contributed by atoms with Crippen LogP contribution in [0, 0.1) is 26.6 Å². The summed E-state index contributed by atoms with van der Waals surface area (Å²) in [7, 11) is 0. The highest BCUT2D eigenvalue weighted by molar-refractivity contribution is 6.11. The van der Waals surface area contributed by atoms with E-state index in [2.05, 4.69) is 45.9 Å². The van der Waals surface area contributed by atoms with Gasteiger partial charge in [0.1, 0.15) is 42.8 Å². The van der Waals surface area contributed by atoms with Crippen LogP contribution in [0.15, 0.2) is 81.1 Å². The van der Waals surface area contributed by atoms with Crippen LogP contribution in [0.2, 0.25) is 0 Å². The summed E-state index contributed by atoms with van der Waals surface area (Å²) in [4.78, 5) is 136. The predicted molar refractivity (Wildman–Crippen MR) is 296 cm³/mol. The number of halogens is 4. The van der Waals surface area contributed by atoms with Crippen LogP contribution in [0.4, 0.5) is 51.9 Å². The molecule has 27 heteroatoms. The van der Waals surface area contributed by atoms with E-state index < -0.39 is 60.0 Å². The number of aryl methyl sites for hydroxylation is 4. The van der Waals surface area contributed by atoms with Crippen LogP contribution in [-0.2, 0) is 71.9 Å². The summed E-state index contributed by atoms with van der Waals surface area (Å²) in [5.74, 6) is -2.02. The normalized spacial score (nSPS) is 14.7. The van der Waals surface area contributed by atoms with Crippen LogP contribution in [-0.4, -0.2) is 116 Å². The maximum absolute atomic E-state index is 13.9. The topological polar surface area (TPSA) is 298 Å². The van der Waals surface area contributed by atoms with Crippen molar-refractivity contribution >= 4 is 69.8 Å². The average Bonchev–Trinajstić information content (AvgIpc) is 3.63. The largest absolute Gasteiger partial charge is 0.433 e. The van der Waals surface area contributed by atoms with E-state index >= 15 is 0 Å². The van der Waals surface area contributed by atoms with Crippen molar-refractivity contribution in [1.29, 1.82) is 0 Å². The molecule has 10 rings (SSSR count). The van der Waals surface area contributed by atoms with Crippen LogP contribution >= 0.6 is 0 Å². The molecule has 7 heterocycles. The minimum absolute atomic E-state index is 0.00291. The monoisotopic (exact) mass is 1150 g/mol. The Kier molecular flexibility index (Phi) is 18.7. The molecule has 0 bridgehead atoms. The van der Waals surface area contributed by atoms with Gasteiger partial charge in [0.05, 0.1) is 36.0 Å². The lowest BCUT2D eigenvalue weighted by atomic mass is 10.1. The van der Waals surface area contributed by atoms with Crippen LogP contribution in [0.5, 0.6) is 0 Å². The Bertz CT molecular complexity index is 3670. The Morgan fingerprint density at radius 1 is 0.590 bits per heavy atom. The van der Waals surface area contributed by atoms with Crippen LogP contribution in [0.3, 0.4) is 0 Å². The Balaban J connectivity index is 0.000000163. The number of anilines is 6. The number of morpholine rings is 1. The van der Waals surface area contributed by atoms with Crippen molar-refractivity contribution in [2.45, 2.75) is 85.4 Å². The number of aromatic amines is 3. The number of ether oxygens (including phenoxy) is 1. The van der Waals surface area contributed by atoms with E-state index in [0.717, 1.165) is 22.2 Å². The number of amides is 6. The van der Waals surface area contributed by atoms with Crippen molar-refractivity contribution in [3.8, 4) is 0 Å². The summed E-state index contributed by atoms with van der Waals surface area (Å²) >= 11 is 0. The number of nitrogens with one attached hydrogen (secondary N) is 6. The molecule has 0 saturated carbocycles. The van der Waals surface area contributed by atoms with Gasteiger partial charge in [-0.25, -0.2) is 19.3 Å². The van der Waals surface area contributed by atoms with E-state index in [1.165, 1.54) is 28.9 Å². The number of rotatable bonds is 11. The van der Waals surface area contributed by atoms with Gasteiger partial charge < -0.3 is 50.3 Å². The summed E-state index contributed by atoms with van der Waals surface area (Å²) in [6, 6.07) is 18.5. The Morgan fingerprint density at radius 2 is 1.13 bits per heavy atom. The minimum atomic E-state index is -4.86. The lowest BCUT2D eigenvalue weighted by Crippen LogP contribution is -2.42. The van der Waals surface area contributed by atoms with E-state index in [-0.39, 0.29) is 84.3 Å². The van der Waals surface area contributed by atoms with Crippen molar-refractivity contribution in [3.63, 3.8) is 0 Å². The van der Waals surface area contributed by atoms with Crippen molar-refractivity contribution in [2.24, 2.45) is 0 Å². The molecule has 0 unspecified atom stereocenters. The number of carbonyl (C=O) groups excluding carboxylic acids is 6. The summed E-state index contributed by atoms with van der Waals surface area (Å²) in [6.45, 7) is 9.15. The first-order valence-electron chi connectivity index (χ1n) is 26.5. The summed E-state index contributed by atoms with van der Waals surface area (Å²) in [6.07, 6.45) is -4.43. The molecule has 0 radical (unpaired) electrons. The molecular weight excluding hydrogens is 1090 g/mol. The van der Waals surface area contributed by atoms with Crippen LogP contribution < -0.4 is 47.3 Å². The number of aromatic nitrogens is 6. The molecule has 4 aliphatic heterocycles. The number of para-hydroxylation sites is 4. The Morgan fingerprint density at radius 3 is 1.81 bits per heavy atom. The van der Waals surface area contributed by atoms with Crippen molar-refractivity contribution < 1.29 is 51.1 Å². The zero-order valence-electron chi connectivity index (χ0n) is 45.7. The first-order chi connectivity index (χ1) is 39.6. The molecule has 6 amide bonds. The third-order valence-electron chi connectivity index (χ3n) is 13.8. The molecule has 6 N–H and O–H groups in total. The first-order valence-corrected chi connectivity index (χ1v) is 26.5. The van der Waals surface area contributed by atoms with Crippen LogP contribution in [0.1, 0.15) is 77.2 Å². The summed E-state index contributed by atoms with van der Waals surface area (Å²) < 4.78 is 58.7. The smallest absolute Gasteiger partial charge is 0.378 e. The Hall–Kier alpha value is -9.40. The van der Waals surface area contributed by atoms with E-state index in [1.807, 2.05) is 42.2 Å². The number of benzene rings is 3. The molecule has 0 spiro atoms. The number of H-pyrrole nitrogens is 3. The van der Waals surface area contributed by atoms with Gasteiger partial charge in [-0.2, -0.15) is 13.2 Å². The van der Waals surface area contributed by atoms with Gasteiger partial charge >= 0.3 is 6.18 Å². The number of alkyl halides is 3. The lowest BCUT2D eigenvalue weighted by Gasteiger charge is -2.29. The number of fused-ring (bicyclic) bond motifs is 3. The van der Waals surface area contributed by atoms with Gasteiger partial charge in [0, 0.05) is 67.0 Å². The zero-order valence-corrected chi connectivity index (χ0v) is 45.7. The third-order valence-corrected chi connectivity index (χ3v) is 13.8. The fraction of sp³-hybridized carbons (Fsp3) is 0.357. The quantitative estimate of drug-likeness (QED) is 0.0972. The molecule has 83 heavy (non-hydrogen) atoms. The van der Waals surface area contributed by atoms with E-state index in [9.17, 15) is 60.7 Å². The molecule has 23 nitrogen and oxygen atoms in total. The molecule has 436 valence electrons. The van der Waals surface area contributed by atoms with Crippen molar-refractivity contribution in [2.75, 3.05) is 76.6 Å². The molecule has 3 aromatic heterocycles. The molecule has 1 fully saturated rings. The van der Waals surface area contributed by atoms with Crippen molar-refractivity contribution in [1.82, 2.24) is 34.8 Å². The van der Waals surface area contributed by atoms with Gasteiger partial charge in [0.2, 0.25) is 41.4 Å². The molecule has 6 aromatic rings. The van der Waals surface area contributed by atoms with E-state index in [1.54, 1.807) is 32.0 Å². The van der Waals surface area contributed by atoms with Gasteiger partial charge in [-0.15, -0.1) is 0 Å². The first kappa shape index (κ1) is 59.7. The van der Waals surface area contributed by atoms with Gasteiger partial charge in [-0.1, -0.05) is 43.3 Å². The highest BCUT2D eigenvalue weighted by Crippen LogP contribution is 2.34. The average molecular weight is 1150 g/mol. The highest BCUT2D eigenvalue weighted by atomic mass is 19.4. The summed E-state index contributed by atoms with van der Waals surface area (Å²) in [5, 5.41) is 7.89. The van der Waals surface area contributed by atoms with Gasteiger partial charge in [0.25, 0.3) is 16.7 Å². The fourth-order valence-electron chi connectivity index (χ4n) is 9.76. The Labute approximate surface area is 470 Å². The second-order valence-corrected chi connectivity index (χ2v) is 19.6. The van der Waals surface area contributed by atoms with Gasteiger partial charge in [0.15, 0.2) is 5.69 Å². The molecule has 0 atom stereocenters. The molecule has 1 saturated heterocycles. The summed E-state index contributed by atoms with van der Waals surface area (Å²) in [5.41, 5.74) is 1.76. The fourth-order valence-corrected chi connectivity index (χ4v) is 9.76. The molecule has 4 aliphatic rings. The van der Waals surface area contributed by atoms with Crippen LogP contribution in [0.25, 0.3) is 0 Å². The second-order valence-electron chi connectivity index (χ2n) is 19.6. The van der Waals surface area contributed by atoms with E-state index in [0.29, 0.717) is 91.4 Å². The zero-order chi connectivity index (χ0) is 59.7. The van der Waals surface area contributed by atoms with Crippen molar-refractivity contribution in [3.05, 3.63) is 155 Å². The van der Waals surface area contributed by atoms with Gasteiger partial charge in [-0.3, -0.25) is 48.1 Å². The minimum Gasteiger partial charge on any atom is -0.378 e. The number of hydrogen-bond acceptors (Lipinski definition) is 14. The number of nitrogens with zero attached hydrogens (tertiary/aromatic N) is 7. The third kappa shape index (κ3) is 14.6. The maximum Gasteiger partial charge on any atom is 0.433 e. The predicted octanol–water partition coefficient (Wildman–Crippen LogP) is 4.54. The van der Waals surface area contributed by atoms with Gasteiger partial charge in [-0.05, 0) is 82.3 Å². The molecule has 0 aliphatic carbocycles. The highest BCUT2D eigenvalue weighted by Gasteiger charge is 2.38. The molecular formula is C56H59F4N13O10. The van der Waals surface area contributed by atoms with E-state index in [4.69, 9.17) is 4.74 Å². The SMILES string of the molecule is CCc1nc(C)[nH]c(=O)c1CCC(=O)N1CC(=O)Nc2ccccc21.Cc1nc(C(F)(F)F)c(CCC(=O)N2CC(=O)Nc3c(F)cccc32)c(=O)[nH]1.Cc1nc(N2CCOCC2)[nH]c(=O)c1CCC(=O)N1CC(=O)Nc2ccccc2C1. The maximum atomic E-state index is 13.9. The number of carbonyl (C=O) groups is 6. The molecule has 3 aromatic carbocycles. The second kappa shape index (κ2) is 26.0.